The highest BCUT2D eigenvalue weighted by Gasteiger charge is 2.13. The smallest absolute Gasteiger partial charge is 0.213 e. The summed E-state index contributed by atoms with van der Waals surface area (Å²) in [6, 6.07) is 8.34. The van der Waals surface area contributed by atoms with Gasteiger partial charge in [-0.15, -0.1) is 0 Å². The second kappa shape index (κ2) is 6.89. The fourth-order valence-electron chi connectivity index (χ4n) is 2.02. The van der Waals surface area contributed by atoms with Crippen molar-refractivity contribution in [3.63, 3.8) is 0 Å². The van der Waals surface area contributed by atoms with Gasteiger partial charge in [0.15, 0.2) is 6.61 Å². The van der Waals surface area contributed by atoms with Crippen LogP contribution in [0.5, 0.6) is 5.75 Å². The van der Waals surface area contributed by atoms with E-state index in [9.17, 15) is 0 Å². The Morgan fingerprint density at radius 1 is 1.32 bits per heavy atom. The van der Waals surface area contributed by atoms with Crippen LogP contribution in [0.2, 0.25) is 0 Å². The van der Waals surface area contributed by atoms with Crippen LogP contribution in [-0.2, 0) is 6.61 Å². The van der Waals surface area contributed by atoms with Gasteiger partial charge in [0.05, 0.1) is 0 Å². The number of aromatic nitrogens is 2. The fraction of sp³-hybridized carbons (Fsp3) is 0.429. The molecule has 19 heavy (non-hydrogen) atoms. The molecule has 102 valence electrons. The van der Waals surface area contributed by atoms with Gasteiger partial charge in [0.2, 0.25) is 12.2 Å². The lowest BCUT2D eigenvalue weighted by Gasteiger charge is -2.19. The van der Waals surface area contributed by atoms with Crippen LogP contribution >= 0.6 is 0 Å². The van der Waals surface area contributed by atoms with Crippen molar-refractivity contribution in [1.82, 2.24) is 15.5 Å². The van der Waals surface area contributed by atoms with Gasteiger partial charge >= 0.3 is 0 Å². The molecule has 0 radical (unpaired) electrons. The Labute approximate surface area is 113 Å². The molecule has 5 heteroatoms. The standard InChI is InChI=1S/C14H19N3O2/c1-3-12(15-4-2)11-7-5-6-8-13(11)18-9-14-16-10-19-17-14/h5-8,10,12,15H,3-4,9H2,1-2H3. The molecule has 2 aromatic rings. The Hall–Kier alpha value is -1.88. The molecule has 1 atom stereocenters. The molecule has 0 saturated heterocycles. The Balaban J connectivity index is 2.11. The average Bonchev–Trinajstić information content (AvgIpc) is 2.96. The first-order valence-electron chi connectivity index (χ1n) is 6.55. The average molecular weight is 261 g/mol. The van der Waals surface area contributed by atoms with Crippen molar-refractivity contribution in [3.8, 4) is 5.75 Å². The van der Waals surface area contributed by atoms with Crippen molar-refractivity contribution in [3.05, 3.63) is 42.0 Å². The Morgan fingerprint density at radius 3 is 2.84 bits per heavy atom. The molecule has 1 unspecified atom stereocenters. The maximum Gasteiger partial charge on any atom is 0.213 e. The van der Waals surface area contributed by atoms with Crippen molar-refractivity contribution in [2.24, 2.45) is 0 Å². The third-order valence-corrected chi connectivity index (χ3v) is 2.92. The van der Waals surface area contributed by atoms with E-state index in [1.54, 1.807) is 0 Å². The number of nitrogens with zero attached hydrogens (tertiary/aromatic N) is 2. The molecule has 0 fully saturated rings. The predicted octanol–water partition coefficient (Wildman–Crippen LogP) is 2.71. The second-order valence-electron chi connectivity index (χ2n) is 4.19. The molecule has 5 nitrogen and oxygen atoms in total. The first-order valence-corrected chi connectivity index (χ1v) is 6.55. The van der Waals surface area contributed by atoms with Crippen molar-refractivity contribution < 1.29 is 9.26 Å². The minimum atomic E-state index is 0.298. The molecule has 1 aromatic carbocycles. The molecule has 1 N–H and O–H groups in total. The summed E-state index contributed by atoms with van der Waals surface area (Å²) in [7, 11) is 0. The van der Waals surface area contributed by atoms with Crippen LogP contribution in [0.15, 0.2) is 35.2 Å². The van der Waals surface area contributed by atoms with Crippen molar-refractivity contribution in [2.45, 2.75) is 32.9 Å². The highest BCUT2D eigenvalue weighted by Crippen LogP contribution is 2.27. The Kier molecular flexibility index (Phi) is 4.92. The molecular formula is C14H19N3O2. The van der Waals surface area contributed by atoms with Crippen LogP contribution in [0.25, 0.3) is 0 Å². The lowest BCUT2D eigenvalue weighted by Crippen LogP contribution is -2.20. The van der Waals surface area contributed by atoms with Crippen LogP contribution in [0.4, 0.5) is 0 Å². The lowest BCUT2D eigenvalue weighted by atomic mass is 10.0. The minimum absolute atomic E-state index is 0.298. The summed E-state index contributed by atoms with van der Waals surface area (Å²) in [4.78, 5) is 3.94. The summed E-state index contributed by atoms with van der Waals surface area (Å²) in [6.45, 7) is 5.50. The van der Waals surface area contributed by atoms with E-state index < -0.39 is 0 Å². The molecule has 0 amide bonds. The SMILES string of the molecule is CCNC(CC)c1ccccc1OCc1ncon1. The van der Waals surface area contributed by atoms with E-state index in [4.69, 9.17) is 4.74 Å². The second-order valence-corrected chi connectivity index (χ2v) is 4.19. The summed E-state index contributed by atoms with van der Waals surface area (Å²) in [6.07, 6.45) is 2.31. The first kappa shape index (κ1) is 13.5. The highest BCUT2D eigenvalue weighted by molar-refractivity contribution is 5.36. The summed E-state index contributed by atoms with van der Waals surface area (Å²) in [5.74, 6) is 1.41. The van der Waals surface area contributed by atoms with E-state index in [1.807, 2.05) is 18.2 Å². The van der Waals surface area contributed by atoms with Gasteiger partial charge in [-0.2, -0.15) is 4.98 Å². The topological polar surface area (TPSA) is 60.2 Å². The molecule has 2 rings (SSSR count). The van der Waals surface area contributed by atoms with Crippen LogP contribution in [0.3, 0.4) is 0 Å². The van der Waals surface area contributed by atoms with Crippen LogP contribution in [0, 0.1) is 0 Å². The van der Waals surface area contributed by atoms with E-state index in [2.05, 4.69) is 39.9 Å². The number of hydrogen-bond acceptors (Lipinski definition) is 5. The predicted molar refractivity (Wildman–Crippen MR) is 71.8 cm³/mol. The Morgan fingerprint density at radius 2 is 2.16 bits per heavy atom. The van der Waals surface area contributed by atoms with Gasteiger partial charge in [0.25, 0.3) is 0 Å². The summed E-state index contributed by atoms with van der Waals surface area (Å²) in [5, 5.41) is 7.19. The number of para-hydroxylation sites is 1. The zero-order valence-electron chi connectivity index (χ0n) is 11.3. The molecule has 0 aliphatic heterocycles. The van der Waals surface area contributed by atoms with Gasteiger partial charge in [0, 0.05) is 11.6 Å². The van der Waals surface area contributed by atoms with Gasteiger partial charge in [-0.1, -0.05) is 37.2 Å². The van der Waals surface area contributed by atoms with E-state index in [0.29, 0.717) is 18.5 Å². The maximum absolute atomic E-state index is 5.79. The van der Waals surface area contributed by atoms with Gasteiger partial charge in [0.1, 0.15) is 5.75 Å². The molecule has 0 aliphatic carbocycles. The third kappa shape index (κ3) is 3.54. The zero-order valence-corrected chi connectivity index (χ0v) is 11.3. The molecule has 0 aliphatic rings. The van der Waals surface area contributed by atoms with Crippen molar-refractivity contribution >= 4 is 0 Å². The number of rotatable bonds is 7. The minimum Gasteiger partial charge on any atom is -0.485 e. The molecule has 1 heterocycles. The van der Waals surface area contributed by atoms with Crippen LogP contribution < -0.4 is 10.1 Å². The summed E-state index contributed by atoms with van der Waals surface area (Å²) in [5.41, 5.74) is 1.16. The largest absolute Gasteiger partial charge is 0.485 e. The fourth-order valence-corrected chi connectivity index (χ4v) is 2.02. The van der Waals surface area contributed by atoms with E-state index in [-0.39, 0.29) is 0 Å². The number of nitrogens with one attached hydrogen (secondary N) is 1. The third-order valence-electron chi connectivity index (χ3n) is 2.92. The number of hydrogen-bond donors (Lipinski definition) is 1. The van der Waals surface area contributed by atoms with Crippen LogP contribution in [-0.4, -0.2) is 16.7 Å². The highest BCUT2D eigenvalue weighted by atomic mass is 16.5. The first-order chi connectivity index (χ1) is 9.35. The molecule has 0 bridgehead atoms. The molecular weight excluding hydrogens is 242 g/mol. The van der Waals surface area contributed by atoms with E-state index >= 15 is 0 Å². The normalized spacial score (nSPS) is 12.3. The van der Waals surface area contributed by atoms with Crippen molar-refractivity contribution in [2.75, 3.05) is 6.54 Å². The molecule has 0 saturated carbocycles. The van der Waals surface area contributed by atoms with E-state index in [0.717, 1.165) is 24.3 Å². The summed E-state index contributed by atoms with van der Waals surface area (Å²) >= 11 is 0. The molecule has 0 spiro atoms. The van der Waals surface area contributed by atoms with Crippen molar-refractivity contribution in [1.29, 1.82) is 0 Å². The van der Waals surface area contributed by atoms with E-state index in [1.165, 1.54) is 6.39 Å². The van der Waals surface area contributed by atoms with Gasteiger partial charge in [-0.3, -0.25) is 0 Å². The number of ether oxygens (including phenoxy) is 1. The Bertz CT molecular complexity index is 485. The monoisotopic (exact) mass is 261 g/mol. The van der Waals surface area contributed by atoms with Gasteiger partial charge in [-0.25, -0.2) is 0 Å². The van der Waals surface area contributed by atoms with Crippen LogP contribution in [0.1, 0.15) is 37.7 Å². The summed E-state index contributed by atoms with van der Waals surface area (Å²) < 4.78 is 10.5. The quantitative estimate of drug-likeness (QED) is 0.830. The lowest BCUT2D eigenvalue weighted by molar-refractivity contribution is 0.280. The van der Waals surface area contributed by atoms with Gasteiger partial charge < -0.3 is 14.6 Å². The maximum atomic E-state index is 5.79. The van der Waals surface area contributed by atoms with Gasteiger partial charge in [-0.05, 0) is 19.0 Å². The number of benzene rings is 1. The molecule has 1 aromatic heterocycles. The zero-order chi connectivity index (χ0) is 13.5.